The molecule has 2 amide bonds. The van der Waals surface area contributed by atoms with Crippen molar-refractivity contribution in [3.63, 3.8) is 0 Å². The number of morpholine rings is 1. The summed E-state index contributed by atoms with van der Waals surface area (Å²) in [5.74, 6) is 0. The fraction of sp³-hybridized carbons (Fsp3) is 0.417. The van der Waals surface area contributed by atoms with Crippen LogP contribution in [0.1, 0.15) is 5.56 Å². The minimum absolute atomic E-state index is 0.0449. The maximum absolute atomic E-state index is 12.0. The molecule has 1 aromatic carbocycles. The Hall–Kier alpha value is -1.31. The van der Waals surface area contributed by atoms with E-state index in [0.29, 0.717) is 37.6 Å². The van der Waals surface area contributed by atoms with Crippen LogP contribution in [0.15, 0.2) is 23.1 Å². The molecule has 1 aliphatic rings. The Kier molecular flexibility index (Phi) is 4.52. The van der Waals surface area contributed by atoms with E-state index in [1.165, 1.54) is 12.1 Å². The fourth-order valence-electron chi connectivity index (χ4n) is 1.97. The zero-order chi connectivity index (χ0) is 14.8. The summed E-state index contributed by atoms with van der Waals surface area (Å²) in [6.07, 6.45) is 0. The summed E-state index contributed by atoms with van der Waals surface area (Å²) in [7, 11) is 1.54. The van der Waals surface area contributed by atoms with Gasteiger partial charge in [-0.05, 0) is 30.7 Å². The van der Waals surface area contributed by atoms with Crippen molar-refractivity contribution in [3.05, 3.63) is 23.8 Å². The van der Waals surface area contributed by atoms with Crippen LogP contribution in [-0.4, -0.2) is 45.7 Å². The molecule has 8 heteroatoms. The molecule has 1 N–H and O–H groups in total. The van der Waals surface area contributed by atoms with Crippen LogP contribution in [0.2, 0.25) is 0 Å². The van der Waals surface area contributed by atoms with Crippen LogP contribution in [0.5, 0.6) is 0 Å². The minimum atomic E-state index is -3.77. The Labute approximate surface area is 122 Å². The Bertz CT molecular complexity index is 612. The molecule has 20 heavy (non-hydrogen) atoms. The lowest BCUT2D eigenvalue weighted by Crippen LogP contribution is -2.43. The summed E-state index contributed by atoms with van der Waals surface area (Å²) in [5, 5.41) is 2.72. The van der Waals surface area contributed by atoms with E-state index in [4.69, 9.17) is 15.4 Å². The van der Waals surface area contributed by atoms with Crippen molar-refractivity contribution in [2.45, 2.75) is 11.8 Å². The smallest absolute Gasteiger partial charge is 0.321 e. The number of rotatable bonds is 2. The van der Waals surface area contributed by atoms with Crippen LogP contribution >= 0.6 is 10.7 Å². The predicted molar refractivity (Wildman–Crippen MR) is 75.6 cm³/mol. The van der Waals surface area contributed by atoms with E-state index in [1.807, 2.05) is 0 Å². The molecule has 0 unspecified atom stereocenters. The molecule has 1 aromatic rings. The molecule has 2 rings (SSSR count). The standard InChI is InChI=1S/C12H15ClN2O4S/c1-9-8-10(2-3-11(9)20(13,17)18)14-12(16)15-4-6-19-7-5-15/h2-3,8H,4-7H2,1H3,(H,14,16). The Balaban J connectivity index is 2.10. The SMILES string of the molecule is Cc1cc(NC(=O)N2CCOCC2)ccc1S(=O)(=O)Cl. The van der Waals surface area contributed by atoms with E-state index in [2.05, 4.69) is 5.32 Å². The van der Waals surface area contributed by atoms with Gasteiger partial charge in [0.1, 0.15) is 0 Å². The highest BCUT2D eigenvalue weighted by atomic mass is 35.7. The largest absolute Gasteiger partial charge is 0.378 e. The normalized spacial score (nSPS) is 16.0. The van der Waals surface area contributed by atoms with Gasteiger partial charge in [-0.1, -0.05) is 0 Å². The topological polar surface area (TPSA) is 75.7 Å². The lowest BCUT2D eigenvalue weighted by molar-refractivity contribution is 0.0564. The molecule has 0 aliphatic carbocycles. The number of nitrogens with one attached hydrogen (secondary N) is 1. The second-order valence-corrected chi connectivity index (χ2v) is 6.98. The van der Waals surface area contributed by atoms with Crippen LogP contribution in [-0.2, 0) is 13.8 Å². The van der Waals surface area contributed by atoms with Gasteiger partial charge in [0, 0.05) is 29.5 Å². The van der Waals surface area contributed by atoms with Crippen LogP contribution < -0.4 is 5.32 Å². The van der Waals surface area contributed by atoms with Crippen molar-refractivity contribution in [1.29, 1.82) is 0 Å². The molecule has 0 radical (unpaired) electrons. The third kappa shape index (κ3) is 3.62. The van der Waals surface area contributed by atoms with Gasteiger partial charge in [0.05, 0.1) is 18.1 Å². The van der Waals surface area contributed by atoms with E-state index in [0.717, 1.165) is 0 Å². The lowest BCUT2D eigenvalue weighted by Gasteiger charge is -2.27. The van der Waals surface area contributed by atoms with Crippen LogP contribution in [0.4, 0.5) is 10.5 Å². The average molecular weight is 319 g/mol. The first kappa shape index (κ1) is 15.1. The van der Waals surface area contributed by atoms with Crippen molar-refractivity contribution in [2.75, 3.05) is 31.6 Å². The second-order valence-electron chi connectivity index (χ2n) is 4.45. The summed E-state index contributed by atoms with van der Waals surface area (Å²) < 4.78 is 27.8. The van der Waals surface area contributed by atoms with E-state index in [1.54, 1.807) is 17.9 Å². The zero-order valence-corrected chi connectivity index (χ0v) is 12.5. The van der Waals surface area contributed by atoms with Gasteiger partial charge in [0.2, 0.25) is 0 Å². The van der Waals surface area contributed by atoms with Gasteiger partial charge < -0.3 is 15.0 Å². The minimum Gasteiger partial charge on any atom is -0.378 e. The number of amides is 2. The number of hydrogen-bond acceptors (Lipinski definition) is 4. The highest BCUT2D eigenvalue weighted by Gasteiger charge is 2.18. The molecular weight excluding hydrogens is 304 g/mol. The quantitative estimate of drug-likeness (QED) is 0.843. The van der Waals surface area contributed by atoms with Gasteiger partial charge in [0.15, 0.2) is 0 Å². The molecule has 0 spiro atoms. The third-order valence-corrected chi connectivity index (χ3v) is 4.47. The molecule has 1 fully saturated rings. The number of carbonyl (C=O) groups excluding carboxylic acids is 1. The molecule has 1 heterocycles. The third-order valence-electron chi connectivity index (χ3n) is 2.99. The predicted octanol–water partition coefficient (Wildman–Crippen LogP) is 1.79. The maximum atomic E-state index is 12.0. The number of carbonyl (C=O) groups is 1. The number of urea groups is 1. The second kappa shape index (κ2) is 5.99. The summed E-state index contributed by atoms with van der Waals surface area (Å²) in [6.45, 7) is 3.75. The first-order valence-electron chi connectivity index (χ1n) is 6.07. The van der Waals surface area contributed by atoms with Crippen LogP contribution in [0.25, 0.3) is 0 Å². The maximum Gasteiger partial charge on any atom is 0.321 e. The molecular formula is C12H15ClN2O4S. The molecule has 0 bridgehead atoms. The number of hydrogen-bond donors (Lipinski definition) is 1. The number of benzene rings is 1. The summed E-state index contributed by atoms with van der Waals surface area (Å²) in [4.78, 5) is 13.7. The molecule has 110 valence electrons. The highest BCUT2D eigenvalue weighted by molar-refractivity contribution is 8.13. The highest BCUT2D eigenvalue weighted by Crippen LogP contribution is 2.23. The van der Waals surface area contributed by atoms with Gasteiger partial charge in [-0.2, -0.15) is 0 Å². The Morgan fingerprint density at radius 1 is 1.35 bits per heavy atom. The van der Waals surface area contributed by atoms with Gasteiger partial charge in [-0.15, -0.1) is 0 Å². The monoisotopic (exact) mass is 318 g/mol. The first-order chi connectivity index (χ1) is 9.38. The van der Waals surface area contributed by atoms with Gasteiger partial charge in [-0.3, -0.25) is 0 Å². The first-order valence-corrected chi connectivity index (χ1v) is 8.38. The van der Waals surface area contributed by atoms with Crippen molar-refractivity contribution in [1.82, 2.24) is 4.90 Å². The Morgan fingerprint density at radius 2 is 2.00 bits per heavy atom. The Morgan fingerprint density at radius 3 is 2.55 bits per heavy atom. The lowest BCUT2D eigenvalue weighted by atomic mass is 10.2. The molecule has 0 saturated carbocycles. The molecule has 0 aromatic heterocycles. The molecule has 0 atom stereocenters. The number of anilines is 1. The van der Waals surface area contributed by atoms with Crippen molar-refractivity contribution < 1.29 is 17.9 Å². The summed E-state index contributed by atoms with van der Waals surface area (Å²) in [6, 6.07) is 4.25. The van der Waals surface area contributed by atoms with Crippen molar-refractivity contribution in [2.24, 2.45) is 0 Å². The number of aryl methyl sites for hydroxylation is 1. The van der Waals surface area contributed by atoms with Crippen molar-refractivity contribution >= 4 is 31.5 Å². The van der Waals surface area contributed by atoms with Crippen LogP contribution in [0, 0.1) is 6.92 Å². The van der Waals surface area contributed by atoms with Crippen LogP contribution in [0.3, 0.4) is 0 Å². The molecule has 1 saturated heterocycles. The number of ether oxygens (including phenoxy) is 1. The summed E-state index contributed by atoms with van der Waals surface area (Å²) in [5.41, 5.74) is 1.02. The average Bonchev–Trinajstić information content (AvgIpc) is 2.38. The fourth-order valence-corrected chi connectivity index (χ4v) is 3.16. The van der Waals surface area contributed by atoms with E-state index >= 15 is 0 Å². The molecule has 1 aliphatic heterocycles. The van der Waals surface area contributed by atoms with Gasteiger partial charge in [-0.25, -0.2) is 13.2 Å². The number of halogens is 1. The summed E-state index contributed by atoms with van der Waals surface area (Å²) >= 11 is 0. The van der Waals surface area contributed by atoms with Gasteiger partial charge in [0.25, 0.3) is 9.05 Å². The zero-order valence-electron chi connectivity index (χ0n) is 10.9. The number of nitrogens with zero attached hydrogens (tertiary/aromatic N) is 1. The van der Waals surface area contributed by atoms with Crippen molar-refractivity contribution in [3.8, 4) is 0 Å². The molecule has 6 nitrogen and oxygen atoms in total. The van der Waals surface area contributed by atoms with E-state index < -0.39 is 9.05 Å². The van der Waals surface area contributed by atoms with Gasteiger partial charge >= 0.3 is 6.03 Å². The van der Waals surface area contributed by atoms with E-state index in [9.17, 15) is 13.2 Å². The van der Waals surface area contributed by atoms with E-state index in [-0.39, 0.29) is 10.9 Å².